The van der Waals surface area contributed by atoms with Crippen molar-refractivity contribution in [3.8, 4) is 0 Å². The maximum absolute atomic E-state index is 12.2. The smallest absolute Gasteiger partial charge is 0.400 e. The topological polar surface area (TPSA) is 52.6 Å². The number of carbonyl (C=O) groups is 2. The van der Waals surface area contributed by atoms with E-state index in [9.17, 15) is 9.59 Å². The minimum Gasteiger partial charge on any atom is -0.400 e. The van der Waals surface area contributed by atoms with E-state index in [0.717, 1.165) is 22.3 Å². The van der Waals surface area contributed by atoms with Crippen molar-refractivity contribution in [1.82, 2.24) is 0 Å². The molecule has 0 bridgehead atoms. The van der Waals surface area contributed by atoms with Crippen molar-refractivity contribution in [3.63, 3.8) is 0 Å². The number of carbonyl (C=O) groups excluding carboxylic acids is 2. The maximum atomic E-state index is 12.2. The van der Waals surface area contributed by atoms with Crippen molar-refractivity contribution in [1.29, 1.82) is 0 Å². The quantitative estimate of drug-likeness (QED) is 0.809. The zero-order valence-corrected chi connectivity index (χ0v) is 13.4. The molecule has 2 aliphatic rings. The second kappa shape index (κ2) is 6.63. The van der Waals surface area contributed by atoms with E-state index in [0.29, 0.717) is 0 Å². The van der Waals surface area contributed by atoms with Gasteiger partial charge in [-0.15, -0.1) is 0 Å². The zero-order chi connectivity index (χ0) is 17.2. The third kappa shape index (κ3) is 3.00. The molecule has 0 N–H and O–H groups in total. The first-order valence-corrected chi connectivity index (χ1v) is 8.09. The van der Waals surface area contributed by atoms with Crippen LogP contribution in [0.3, 0.4) is 0 Å². The first kappa shape index (κ1) is 15.8. The lowest BCUT2D eigenvalue weighted by Crippen LogP contribution is -2.25. The summed E-state index contributed by atoms with van der Waals surface area (Å²) in [5.74, 6) is -0.255. The zero-order valence-electron chi connectivity index (χ0n) is 13.4. The van der Waals surface area contributed by atoms with Crippen LogP contribution < -0.4 is 0 Å². The second-order valence-electron chi connectivity index (χ2n) is 5.94. The van der Waals surface area contributed by atoms with Crippen LogP contribution in [0, 0.1) is 0 Å². The summed E-state index contributed by atoms with van der Waals surface area (Å²) in [6.45, 7) is 0. The van der Waals surface area contributed by atoms with Crippen LogP contribution >= 0.6 is 0 Å². The Morgan fingerprint density at radius 1 is 0.640 bits per heavy atom. The Bertz CT molecular complexity index is 827. The highest BCUT2D eigenvalue weighted by atomic mass is 16.6. The van der Waals surface area contributed by atoms with Crippen LogP contribution in [0.5, 0.6) is 0 Å². The van der Waals surface area contributed by atoms with Gasteiger partial charge < -0.3 is 9.31 Å². The summed E-state index contributed by atoms with van der Waals surface area (Å²) in [4.78, 5) is 24.3. The number of fused-ring (bicyclic) bond motifs is 2. The van der Waals surface area contributed by atoms with Crippen molar-refractivity contribution < 1.29 is 18.9 Å². The molecule has 0 saturated carbocycles. The molecule has 4 rings (SSSR count). The average molecular weight is 330 g/mol. The first-order valence-electron chi connectivity index (χ1n) is 8.09. The highest BCUT2D eigenvalue weighted by molar-refractivity contribution is 6.21. The fourth-order valence-corrected chi connectivity index (χ4v) is 3.15. The summed E-state index contributed by atoms with van der Waals surface area (Å²) < 4.78 is 11.4. The number of ketones is 2. The molecule has 5 heteroatoms. The molecule has 2 aliphatic carbocycles. The Labute approximate surface area is 146 Å². The second-order valence-corrected chi connectivity index (χ2v) is 5.94. The van der Waals surface area contributed by atoms with Crippen LogP contribution in [-0.2, 0) is 18.9 Å². The standard InChI is InChI=1S/C20H15BO4/c22-17-11-9-13-5-1-3-7-15(13)19(17)24-21-25-20-16-8-4-2-6-14(16)10-12-18(20)23/h1-12,19-21H. The lowest BCUT2D eigenvalue weighted by atomic mass is 9.92. The average Bonchev–Trinajstić information content (AvgIpc) is 2.65. The molecular formula is C20H15BO4. The van der Waals surface area contributed by atoms with Gasteiger partial charge in [-0.2, -0.15) is 0 Å². The molecule has 0 fully saturated rings. The molecule has 0 aliphatic heterocycles. The molecule has 0 radical (unpaired) electrons. The van der Waals surface area contributed by atoms with E-state index in [2.05, 4.69) is 0 Å². The molecule has 0 amide bonds. The molecular weight excluding hydrogens is 315 g/mol. The van der Waals surface area contributed by atoms with Crippen LogP contribution in [0.2, 0.25) is 0 Å². The molecule has 2 aromatic carbocycles. The van der Waals surface area contributed by atoms with E-state index in [4.69, 9.17) is 9.31 Å². The van der Waals surface area contributed by atoms with Crippen molar-refractivity contribution >= 4 is 31.4 Å². The van der Waals surface area contributed by atoms with E-state index in [1.165, 1.54) is 12.2 Å². The van der Waals surface area contributed by atoms with Crippen molar-refractivity contribution in [2.24, 2.45) is 0 Å². The molecule has 122 valence electrons. The highest BCUT2D eigenvalue weighted by Crippen LogP contribution is 2.30. The van der Waals surface area contributed by atoms with Crippen molar-refractivity contribution in [3.05, 3.63) is 82.9 Å². The molecule has 0 saturated heterocycles. The first-order chi connectivity index (χ1) is 12.2. The van der Waals surface area contributed by atoms with Crippen LogP contribution in [0.25, 0.3) is 12.2 Å². The Morgan fingerprint density at radius 2 is 1.08 bits per heavy atom. The number of hydrogen-bond donors (Lipinski definition) is 0. The third-order valence-corrected chi connectivity index (χ3v) is 4.40. The Morgan fingerprint density at radius 3 is 1.56 bits per heavy atom. The SMILES string of the molecule is O=C1C=Cc2ccccc2C1OBOC1C(=O)C=Cc2ccccc21. The molecule has 0 spiro atoms. The van der Waals surface area contributed by atoms with E-state index in [-0.39, 0.29) is 19.3 Å². The van der Waals surface area contributed by atoms with Crippen molar-refractivity contribution in [2.75, 3.05) is 0 Å². The summed E-state index contributed by atoms with van der Waals surface area (Å²) in [6.07, 6.45) is 5.18. The summed E-state index contributed by atoms with van der Waals surface area (Å²) in [6, 6.07) is 15.2. The summed E-state index contributed by atoms with van der Waals surface area (Å²) in [5, 5.41) is 0. The van der Waals surface area contributed by atoms with Gasteiger partial charge in [0.05, 0.1) is 0 Å². The lowest BCUT2D eigenvalue weighted by Gasteiger charge is -2.24. The van der Waals surface area contributed by atoms with Gasteiger partial charge in [-0.3, -0.25) is 9.59 Å². The van der Waals surface area contributed by atoms with Gasteiger partial charge in [0.2, 0.25) is 0 Å². The maximum Gasteiger partial charge on any atom is 0.439 e. The van der Waals surface area contributed by atoms with Gasteiger partial charge in [0.25, 0.3) is 0 Å². The van der Waals surface area contributed by atoms with Gasteiger partial charge in [0.15, 0.2) is 11.6 Å². The Hall–Kier alpha value is -2.76. The molecule has 0 aromatic heterocycles. The van der Waals surface area contributed by atoms with Gasteiger partial charge >= 0.3 is 7.69 Å². The Balaban J connectivity index is 1.48. The van der Waals surface area contributed by atoms with Gasteiger partial charge in [-0.1, -0.05) is 60.7 Å². The number of benzene rings is 2. The molecule has 2 aromatic rings. The van der Waals surface area contributed by atoms with Gasteiger partial charge in [0.1, 0.15) is 12.2 Å². The molecule has 25 heavy (non-hydrogen) atoms. The molecule has 4 nitrogen and oxygen atoms in total. The van der Waals surface area contributed by atoms with Crippen LogP contribution in [-0.4, -0.2) is 19.3 Å². The van der Waals surface area contributed by atoms with Crippen molar-refractivity contribution in [2.45, 2.75) is 12.2 Å². The van der Waals surface area contributed by atoms with E-state index in [1.807, 2.05) is 48.5 Å². The minimum absolute atomic E-state index is 0.127. The van der Waals surface area contributed by atoms with Crippen LogP contribution in [0.4, 0.5) is 0 Å². The summed E-state index contributed by atoms with van der Waals surface area (Å²) in [7, 11) is -0.142. The van der Waals surface area contributed by atoms with Gasteiger partial charge in [0, 0.05) is 0 Å². The fourth-order valence-electron chi connectivity index (χ4n) is 3.15. The number of hydrogen-bond acceptors (Lipinski definition) is 4. The molecule has 0 heterocycles. The Kier molecular flexibility index (Phi) is 4.18. The predicted molar refractivity (Wildman–Crippen MR) is 95.8 cm³/mol. The van der Waals surface area contributed by atoms with Crippen LogP contribution in [0.1, 0.15) is 34.5 Å². The predicted octanol–water partition coefficient (Wildman–Crippen LogP) is 2.96. The lowest BCUT2D eigenvalue weighted by molar-refractivity contribution is -0.123. The number of rotatable bonds is 4. The third-order valence-electron chi connectivity index (χ3n) is 4.40. The van der Waals surface area contributed by atoms with E-state index in [1.54, 1.807) is 12.2 Å². The van der Waals surface area contributed by atoms with E-state index >= 15 is 0 Å². The summed E-state index contributed by atoms with van der Waals surface area (Å²) in [5.41, 5.74) is 3.53. The monoisotopic (exact) mass is 330 g/mol. The molecule has 2 atom stereocenters. The van der Waals surface area contributed by atoms with E-state index < -0.39 is 12.2 Å². The minimum atomic E-state index is -0.703. The van der Waals surface area contributed by atoms with Crippen LogP contribution in [0.15, 0.2) is 60.7 Å². The van der Waals surface area contributed by atoms with Gasteiger partial charge in [-0.05, 0) is 34.4 Å². The normalized spacial score (nSPS) is 21.0. The summed E-state index contributed by atoms with van der Waals surface area (Å²) >= 11 is 0. The highest BCUT2D eigenvalue weighted by Gasteiger charge is 2.28. The molecule has 2 unspecified atom stereocenters. The largest absolute Gasteiger partial charge is 0.439 e. The van der Waals surface area contributed by atoms with Gasteiger partial charge in [-0.25, -0.2) is 0 Å². The fraction of sp³-hybridized carbons (Fsp3) is 0.100.